The first-order valence-electron chi connectivity index (χ1n) is 6.63. The number of pyridine rings is 1. The molecule has 1 aliphatic heterocycles. The number of likely N-dealkylation sites (tertiary alicyclic amines) is 1. The minimum absolute atomic E-state index is 0.276. The molecule has 0 spiro atoms. The quantitative estimate of drug-likeness (QED) is 0.936. The van der Waals surface area contributed by atoms with E-state index >= 15 is 0 Å². The molecule has 1 unspecified atom stereocenters. The molecule has 19 heavy (non-hydrogen) atoms. The van der Waals surface area contributed by atoms with Crippen LogP contribution in [-0.2, 0) is 6.54 Å². The number of hydrogen-bond donors (Lipinski definition) is 1. The summed E-state index contributed by atoms with van der Waals surface area (Å²) in [6, 6.07) is 7.95. The molecule has 1 aromatic carbocycles. The Morgan fingerprint density at radius 3 is 3.05 bits per heavy atom. The molecule has 0 saturated carbocycles. The van der Waals surface area contributed by atoms with Crippen molar-refractivity contribution in [2.45, 2.75) is 13.0 Å². The summed E-state index contributed by atoms with van der Waals surface area (Å²) < 4.78 is 0. The Labute approximate surface area is 117 Å². The van der Waals surface area contributed by atoms with Crippen LogP contribution in [0.4, 0.5) is 0 Å². The highest BCUT2D eigenvalue weighted by Crippen LogP contribution is 2.27. The highest BCUT2D eigenvalue weighted by atomic mass is 35.5. The zero-order valence-electron chi connectivity index (χ0n) is 10.7. The molecule has 3 nitrogen and oxygen atoms in total. The average Bonchev–Trinajstić information content (AvgIpc) is 2.90. The van der Waals surface area contributed by atoms with E-state index in [9.17, 15) is 5.11 Å². The molecule has 0 aliphatic carbocycles. The van der Waals surface area contributed by atoms with Crippen molar-refractivity contribution in [1.82, 2.24) is 9.88 Å². The SMILES string of the molecule is OCC1CCN(Cc2c(Cl)ccc3cccnc23)C1. The summed E-state index contributed by atoms with van der Waals surface area (Å²) in [7, 11) is 0. The van der Waals surface area contributed by atoms with E-state index in [-0.39, 0.29) is 6.61 Å². The molecule has 0 radical (unpaired) electrons. The Hall–Kier alpha value is -1.16. The number of halogens is 1. The highest BCUT2D eigenvalue weighted by molar-refractivity contribution is 6.32. The van der Waals surface area contributed by atoms with Crippen LogP contribution in [0.15, 0.2) is 30.5 Å². The minimum Gasteiger partial charge on any atom is -0.396 e. The van der Waals surface area contributed by atoms with E-state index in [1.54, 1.807) is 0 Å². The summed E-state index contributed by atoms with van der Waals surface area (Å²) in [6.45, 7) is 3.04. The third-order valence-electron chi connectivity index (χ3n) is 3.83. The first-order chi connectivity index (χ1) is 9.28. The Balaban J connectivity index is 1.90. The van der Waals surface area contributed by atoms with Crippen molar-refractivity contribution >= 4 is 22.5 Å². The van der Waals surface area contributed by atoms with Crippen molar-refractivity contribution in [3.05, 3.63) is 41.0 Å². The number of aliphatic hydroxyl groups is 1. The Morgan fingerprint density at radius 1 is 1.37 bits per heavy atom. The van der Waals surface area contributed by atoms with Gasteiger partial charge in [0.15, 0.2) is 0 Å². The van der Waals surface area contributed by atoms with Gasteiger partial charge in [0.25, 0.3) is 0 Å². The summed E-state index contributed by atoms with van der Waals surface area (Å²) >= 11 is 6.34. The molecule has 1 N–H and O–H groups in total. The summed E-state index contributed by atoms with van der Waals surface area (Å²) in [5.41, 5.74) is 2.08. The van der Waals surface area contributed by atoms with Gasteiger partial charge in [-0.15, -0.1) is 0 Å². The summed E-state index contributed by atoms with van der Waals surface area (Å²) in [6.07, 6.45) is 2.87. The van der Waals surface area contributed by atoms with Gasteiger partial charge in [-0.1, -0.05) is 23.7 Å². The maximum Gasteiger partial charge on any atom is 0.0761 e. The first kappa shape index (κ1) is 12.9. The molecule has 1 aliphatic rings. The van der Waals surface area contributed by atoms with Gasteiger partial charge in [0.2, 0.25) is 0 Å². The van der Waals surface area contributed by atoms with Gasteiger partial charge in [0, 0.05) is 41.9 Å². The number of aliphatic hydroxyl groups excluding tert-OH is 1. The van der Waals surface area contributed by atoms with E-state index in [0.29, 0.717) is 5.92 Å². The molecule has 0 amide bonds. The van der Waals surface area contributed by atoms with Crippen molar-refractivity contribution in [1.29, 1.82) is 0 Å². The van der Waals surface area contributed by atoms with Gasteiger partial charge in [-0.3, -0.25) is 9.88 Å². The molecule has 3 rings (SSSR count). The second-order valence-corrected chi connectivity index (χ2v) is 5.58. The molecule has 2 heterocycles. The Morgan fingerprint density at radius 2 is 2.26 bits per heavy atom. The fourth-order valence-corrected chi connectivity index (χ4v) is 2.97. The number of aromatic nitrogens is 1. The lowest BCUT2D eigenvalue weighted by Crippen LogP contribution is -2.21. The van der Waals surface area contributed by atoms with Gasteiger partial charge in [-0.25, -0.2) is 0 Å². The predicted molar refractivity (Wildman–Crippen MR) is 77.2 cm³/mol. The molecule has 4 heteroatoms. The lowest BCUT2D eigenvalue weighted by molar-refractivity contribution is 0.220. The normalized spacial score (nSPS) is 20.2. The van der Waals surface area contributed by atoms with Crippen LogP contribution < -0.4 is 0 Å². The standard InChI is InChI=1S/C15H17ClN2O/c16-14-4-3-12-2-1-6-17-15(12)13(14)9-18-7-5-11(8-18)10-19/h1-4,6,11,19H,5,7-10H2. The number of benzene rings is 1. The fourth-order valence-electron chi connectivity index (χ4n) is 2.76. The van der Waals surface area contributed by atoms with Crippen LogP contribution in [0.3, 0.4) is 0 Å². The first-order valence-corrected chi connectivity index (χ1v) is 7.01. The van der Waals surface area contributed by atoms with Crippen molar-refractivity contribution in [3.8, 4) is 0 Å². The summed E-state index contributed by atoms with van der Waals surface area (Å²) in [4.78, 5) is 6.81. The van der Waals surface area contributed by atoms with Gasteiger partial charge in [0.05, 0.1) is 5.52 Å². The van der Waals surface area contributed by atoms with Gasteiger partial charge in [0.1, 0.15) is 0 Å². The van der Waals surface area contributed by atoms with Crippen LogP contribution in [0.25, 0.3) is 10.9 Å². The molecule has 100 valence electrons. The lowest BCUT2D eigenvalue weighted by atomic mass is 10.1. The maximum absolute atomic E-state index is 9.21. The van der Waals surface area contributed by atoms with Crippen LogP contribution in [0.5, 0.6) is 0 Å². The van der Waals surface area contributed by atoms with Crippen molar-refractivity contribution < 1.29 is 5.11 Å². The number of rotatable bonds is 3. The summed E-state index contributed by atoms with van der Waals surface area (Å²) in [5.74, 6) is 0.404. The second-order valence-electron chi connectivity index (χ2n) is 5.17. The van der Waals surface area contributed by atoms with E-state index in [1.165, 1.54) is 0 Å². The number of hydrogen-bond acceptors (Lipinski definition) is 3. The number of nitrogens with zero attached hydrogens (tertiary/aromatic N) is 2. The van der Waals surface area contributed by atoms with Crippen LogP contribution >= 0.6 is 11.6 Å². The predicted octanol–water partition coefficient (Wildman–Crippen LogP) is 2.70. The highest BCUT2D eigenvalue weighted by Gasteiger charge is 2.23. The second kappa shape index (κ2) is 5.45. The van der Waals surface area contributed by atoms with Gasteiger partial charge in [-0.05, 0) is 31.0 Å². The van der Waals surface area contributed by atoms with Gasteiger partial charge >= 0.3 is 0 Å². The monoisotopic (exact) mass is 276 g/mol. The van der Waals surface area contributed by atoms with E-state index in [4.69, 9.17) is 11.6 Å². The third-order valence-corrected chi connectivity index (χ3v) is 4.19. The van der Waals surface area contributed by atoms with Crippen LogP contribution in [-0.4, -0.2) is 34.7 Å². The zero-order chi connectivity index (χ0) is 13.2. The van der Waals surface area contributed by atoms with Crippen molar-refractivity contribution in [2.24, 2.45) is 5.92 Å². The number of fused-ring (bicyclic) bond motifs is 1. The lowest BCUT2D eigenvalue weighted by Gasteiger charge is -2.17. The van der Waals surface area contributed by atoms with Gasteiger partial charge in [-0.2, -0.15) is 0 Å². The van der Waals surface area contributed by atoms with Crippen molar-refractivity contribution in [2.75, 3.05) is 19.7 Å². The van der Waals surface area contributed by atoms with Crippen LogP contribution in [0, 0.1) is 5.92 Å². The van der Waals surface area contributed by atoms with E-state index < -0.39 is 0 Å². The molecular weight excluding hydrogens is 260 g/mol. The Bertz CT molecular complexity index is 587. The Kier molecular flexibility index (Phi) is 3.69. The van der Waals surface area contributed by atoms with Gasteiger partial charge < -0.3 is 5.11 Å². The van der Waals surface area contributed by atoms with E-state index in [0.717, 1.165) is 47.5 Å². The fraction of sp³-hybridized carbons (Fsp3) is 0.400. The molecule has 1 aromatic heterocycles. The van der Waals surface area contributed by atoms with E-state index in [2.05, 4.69) is 16.0 Å². The minimum atomic E-state index is 0.276. The molecule has 1 atom stereocenters. The molecule has 1 fully saturated rings. The van der Waals surface area contributed by atoms with Crippen LogP contribution in [0.2, 0.25) is 5.02 Å². The molecule has 0 bridgehead atoms. The van der Waals surface area contributed by atoms with E-state index in [1.807, 2.05) is 24.4 Å². The van der Waals surface area contributed by atoms with Crippen LogP contribution in [0.1, 0.15) is 12.0 Å². The smallest absolute Gasteiger partial charge is 0.0761 e. The zero-order valence-corrected chi connectivity index (χ0v) is 11.5. The topological polar surface area (TPSA) is 36.4 Å². The molecule has 2 aromatic rings. The van der Waals surface area contributed by atoms with Crippen molar-refractivity contribution in [3.63, 3.8) is 0 Å². The average molecular weight is 277 g/mol. The molecule has 1 saturated heterocycles. The largest absolute Gasteiger partial charge is 0.396 e. The summed E-state index contributed by atoms with van der Waals surface area (Å²) in [5, 5.41) is 11.1. The third kappa shape index (κ3) is 2.59. The maximum atomic E-state index is 9.21. The molecular formula is C15H17ClN2O.